The Bertz CT molecular complexity index is 572. The van der Waals surface area contributed by atoms with Gasteiger partial charge in [-0.05, 0) is 45.4 Å². The molecular formula is C20H27NO. The van der Waals surface area contributed by atoms with E-state index in [9.17, 15) is 0 Å². The largest absolute Gasteiger partial charge is 0.496 e. The Hall–Kier alpha value is -1.80. The van der Waals surface area contributed by atoms with Crippen LogP contribution in [0.3, 0.4) is 0 Å². The highest BCUT2D eigenvalue weighted by molar-refractivity contribution is 5.42. The van der Waals surface area contributed by atoms with E-state index in [0.29, 0.717) is 5.92 Å². The van der Waals surface area contributed by atoms with E-state index >= 15 is 0 Å². The molecule has 0 saturated carbocycles. The van der Waals surface area contributed by atoms with E-state index in [4.69, 9.17) is 4.74 Å². The first-order valence-corrected chi connectivity index (χ1v) is 7.94. The number of methoxy groups -OCH3 is 1. The Morgan fingerprint density at radius 3 is 2.23 bits per heavy atom. The number of hydrogen-bond acceptors (Lipinski definition) is 2. The van der Waals surface area contributed by atoms with Crippen molar-refractivity contribution in [3.8, 4) is 5.75 Å². The highest BCUT2D eigenvalue weighted by Gasteiger charge is 2.18. The van der Waals surface area contributed by atoms with Crippen LogP contribution in [0.5, 0.6) is 5.75 Å². The third-order valence-corrected chi connectivity index (χ3v) is 3.80. The lowest BCUT2D eigenvalue weighted by Crippen LogP contribution is -2.36. The summed E-state index contributed by atoms with van der Waals surface area (Å²) in [4.78, 5) is 0. The predicted octanol–water partition coefficient (Wildman–Crippen LogP) is 4.61. The summed E-state index contributed by atoms with van der Waals surface area (Å²) in [5.41, 5.74) is 2.73. The zero-order valence-corrected chi connectivity index (χ0v) is 14.1. The first-order chi connectivity index (χ1) is 10.5. The Balaban J connectivity index is 2.26. The maximum atomic E-state index is 5.57. The Morgan fingerprint density at radius 2 is 1.59 bits per heavy atom. The van der Waals surface area contributed by atoms with Crippen LogP contribution in [-0.2, 0) is 0 Å². The number of nitrogens with one attached hydrogen (secondary N) is 1. The molecule has 0 aromatic heterocycles. The van der Waals surface area contributed by atoms with Crippen LogP contribution in [-0.4, -0.2) is 19.2 Å². The molecule has 118 valence electrons. The molecule has 0 saturated heterocycles. The zero-order chi connectivity index (χ0) is 16.0. The van der Waals surface area contributed by atoms with Gasteiger partial charge in [0.25, 0.3) is 0 Å². The third kappa shape index (κ3) is 4.60. The van der Waals surface area contributed by atoms with E-state index in [1.54, 1.807) is 7.11 Å². The van der Waals surface area contributed by atoms with E-state index in [1.807, 2.05) is 12.1 Å². The number of benzene rings is 2. The van der Waals surface area contributed by atoms with Gasteiger partial charge in [0.1, 0.15) is 5.75 Å². The van der Waals surface area contributed by atoms with Crippen molar-refractivity contribution in [1.82, 2.24) is 5.32 Å². The molecule has 0 fully saturated rings. The van der Waals surface area contributed by atoms with Gasteiger partial charge in [-0.15, -0.1) is 0 Å². The highest BCUT2D eigenvalue weighted by atomic mass is 16.5. The summed E-state index contributed by atoms with van der Waals surface area (Å²) in [5.74, 6) is 1.30. The normalized spacial score (nSPS) is 12.9. The molecule has 0 aliphatic rings. The summed E-state index contributed by atoms with van der Waals surface area (Å²) in [6, 6.07) is 19.0. The fourth-order valence-corrected chi connectivity index (χ4v) is 2.73. The van der Waals surface area contributed by atoms with Crippen molar-refractivity contribution in [3.63, 3.8) is 0 Å². The molecule has 22 heavy (non-hydrogen) atoms. The molecule has 0 aliphatic heterocycles. The summed E-state index contributed by atoms with van der Waals surface area (Å²) in [6.07, 6.45) is 1.04. The van der Waals surface area contributed by atoms with Crippen LogP contribution in [0.1, 0.15) is 44.2 Å². The van der Waals surface area contributed by atoms with Gasteiger partial charge in [-0.1, -0.05) is 48.5 Å². The SMILES string of the molecule is COc1ccccc1C(CCNC(C)(C)C)c1ccccc1. The fraction of sp³-hybridized carbons (Fsp3) is 0.400. The monoisotopic (exact) mass is 297 g/mol. The summed E-state index contributed by atoms with van der Waals surface area (Å²) >= 11 is 0. The van der Waals surface area contributed by atoms with Crippen molar-refractivity contribution in [2.24, 2.45) is 0 Å². The van der Waals surface area contributed by atoms with Gasteiger partial charge in [0.05, 0.1) is 7.11 Å². The summed E-state index contributed by atoms with van der Waals surface area (Å²) < 4.78 is 5.57. The first kappa shape index (κ1) is 16.6. The minimum atomic E-state index is 0.141. The summed E-state index contributed by atoms with van der Waals surface area (Å²) in [6.45, 7) is 7.58. The topological polar surface area (TPSA) is 21.3 Å². The predicted molar refractivity (Wildman–Crippen MR) is 93.7 cm³/mol. The van der Waals surface area contributed by atoms with Crippen molar-refractivity contribution in [2.75, 3.05) is 13.7 Å². The molecular weight excluding hydrogens is 270 g/mol. The van der Waals surface area contributed by atoms with E-state index in [2.05, 4.69) is 68.6 Å². The number of rotatable bonds is 6. The molecule has 0 amide bonds. The van der Waals surface area contributed by atoms with Crippen molar-refractivity contribution >= 4 is 0 Å². The second-order valence-corrected chi connectivity index (χ2v) is 6.67. The fourth-order valence-electron chi connectivity index (χ4n) is 2.73. The zero-order valence-electron chi connectivity index (χ0n) is 14.1. The molecule has 0 radical (unpaired) electrons. The average Bonchev–Trinajstić information content (AvgIpc) is 2.51. The van der Waals surface area contributed by atoms with Crippen molar-refractivity contribution in [3.05, 3.63) is 65.7 Å². The number of hydrogen-bond donors (Lipinski definition) is 1. The molecule has 2 nitrogen and oxygen atoms in total. The molecule has 1 N–H and O–H groups in total. The maximum Gasteiger partial charge on any atom is 0.122 e. The minimum Gasteiger partial charge on any atom is -0.496 e. The quantitative estimate of drug-likeness (QED) is 0.841. The molecule has 0 spiro atoms. The molecule has 1 atom stereocenters. The lowest BCUT2D eigenvalue weighted by molar-refractivity contribution is 0.398. The van der Waals surface area contributed by atoms with Crippen LogP contribution < -0.4 is 10.1 Å². The van der Waals surface area contributed by atoms with Gasteiger partial charge in [0.2, 0.25) is 0 Å². The maximum absolute atomic E-state index is 5.57. The van der Waals surface area contributed by atoms with Gasteiger partial charge in [-0.2, -0.15) is 0 Å². The number of ether oxygens (including phenoxy) is 1. The van der Waals surface area contributed by atoms with Crippen LogP contribution in [0.2, 0.25) is 0 Å². The summed E-state index contributed by atoms with van der Waals surface area (Å²) in [7, 11) is 1.74. The van der Waals surface area contributed by atoms with E-state index in [0.717, 1.165) is 18.7 Å². The first-order valence-electron chi connectivity index (χ1n) is 7.94. The molecule has 0 bridgehead atoms. The van der Waals surface area contributed by atoms with Crippen LogP contribution in [0.4, 0.5) is 0 Å². The van der Waals surface area contributed by atoms with Crippen molar-refractivity contribution in [1.29, 1.82) is 0 Å². The standard InChI is InChI=1S/C20H27NO/c1-20(2,3)21-15-14-17(16-10-6-5-7-11-16)18-12-8-9-13-19(18)22-4/h5-13,17,21H,14-15H2,1-4H3. The van der Waals surface area contributed by atoms with Gasteiger partial charge >= 0.3 is 0 Å². The van der Waals surface area contributed by atoms with Gasteiger partial charge in [-0.25, -0.2) is 0 Å². The van der Waals surface area contributed by atoms with E-state index < -0.39 is 0 Å². The van der Waals surface area contributed by atoms with Crippen LogP contribution in [0.25, 0.3) is 0 Å². The smallest absolute Gasteiger partial charge is 0.122 e. The molecule has 0 aliphatic carbocycles. The Morgan fingerprint density at radius 1 is 0.955 bits per heavy atom. The Kier molecular flexibility index (Phi) is 5.62. The minimum absolute atomic E-state index is 0.141. The van der Waals surface area contributed by atoms with Gasteiger partial charge in [0, 0.05) is 17.0 Å². The lowest BCUT2D eigenvalue weighted by Gasteiger charge is -2.25. The van der Waals surface area contributed by atoms with Gasteiger partial charge < -0.3 is 10.1 Å². The van der Waals surface area contributed by atoms with Crippen LogP contribution >= 0.6 is 0 Å². The molecule has 2 heteroatoms. The number of para-hydroxylation sites is 1. The van der Waals surface area contributed by atoms with E-state index in [1.165, 1.54) is 11.1 Å². The molecule has 1 unspecified atom stereocenters. The van der Waals surface area contributed by atoms with Gasteiger partial charge in [-0.3, -0.25) is 0 Å². The average molecular weight is 297 g/mol. The highest BCUT2D eigenvalue weighted by Crippen LogP contribution is 2.34. The Labute approximate surface area is 134 Å². The molecule has 2 rings (SSSR count). The van der Waals surface area contributed by atoms with Crippen molar-refractivity contribution < 1.29 is 4.74 Å². The molecule has 2 aromatic rings. The third-order valence-electron chi connectivity index (χ3n) is 3.80. The van der Waals surface area contributed by atoms with E-state index in [-0.39, 0.29) is 5.54 Å². The summed E-state index contributed by atoms with van der Waals surface area (Å²) in [5, 5.41) is 3.59. The second-order valence-electron chi connectivity index (χ2n) is 6.67. The molecule has 2 aromatic carbocycles. The lowest BCUT2D eigenvalue weighted by atomic mass is 9.87. The van der Waals surface area contributed by atoms with Crippen LogP contribution in [0, 0.1) is 0 Å². The van der Waals surface area contributed by atoms with Crippen LogP contribution in [0.15, 0.2) is 54.6 Å². The van der Waals surface area contributed by atoms with Gasteiger partial charge in [0.15, 0.2) is 0 Å². The second kappa shape index (κ2) is 7.46. The van der Waals surface area contributed by atoms with Crippen molar-refractivity contribution in [2.45, 2.75) is 38.6 Å². The molecule has 0 heterocycles.